The van der Waals surface area contributed by atoms with E-state index < -0.39 is 0 Å². The third-order valence-electron chi connectivity index (χ3n) is 4.41. The normalized spacial score (nSPS) is 10.3. The van der Waals surface area contributed by atoms with Gasteiger partial charge in [0.15, 0.2) is 11.5 Å². The summed E-state index contributed by atoms with van der Waals surface area (Å²) in [5.74, 6) is 2.66. The molecule has 0 aliphatic rings. The van der Waals surface area contributed by atoms with Gasteiger partial charge in [-0.25, -0.2) is 0 Å². The van der Waals surface area contributed by atoms with Crippen LogP contribution in [0, 0.1) is 0 Å². The van der Waals surface area contributed by atoms with Crippen LogP contribution >= 0.6 is 11.6 Å². The fraction of sp³-hybridized carbons (Fsp3) is 0.167. The number of benzene rings is 3. The molecule has 0 fully saturated rings. The number of hydrogen-bond donors (Lipinski definition) is 0. The molecule has 3 rings (SSSR count). The van der Waals surface area contributed by atoms with Crippen molar-refractivity contribution < 1.29 is 18.9 Å². The molecule has 0 bridgehead atoms. The second-order valence-corrected chi connectivity index (χ2v) is 6.65. The van der Waals surface area contributed by atoms with E-state index in [2.05, 4.69) is 6.58 Å². The molecule has 0 unspecified atom stereocenters. The first-order valence-electron chi connectivity index (χ1n) is 9.11. The Hall–Kier alpha value is -3.11. The number of ether oxygens (including phenoxy) is 4. The van der Waals surface area contributed by atoms with Gasteiger partial charge < -0.3 is 18.9 Å². The van der Waals surface area contributed by atoms with Gasteiger partial charge in [-0.3, -0.25) is 0 Å². The minimum Gasteiger partial charge on any atom is -0.497 e. The summed E-state index contributed by atoms with van der Waals surface area (Å²) < 4.78 is 22.4. The average molecular weight is 411 g/mol. The van der Waals surface area contributed by atoms with Gasteiger partial charge in [-0.05, 0) is 53.1 Å². The van der Waals surface area contributed by atoms with Crippen LogP contribution in [-0.4, -0.2) is 14.2 Å². The molecule has 0 saturated heterocycles. The van der Waals surface area contributed by atoms with E-state index in [1.54, 1.807) is 20.3 Å². The molecule has 3 aromatic rings. The summed E-state index contributed by atoms with van der Waals surface area (Å²) in [6, 6.07) is 19.1. The van der Waals surface area contributed by atoms with Crippen molar-refractivity contribution in [1.29, 1.82) is 0 Å². The van der Waals surface area contributed by atoms with Crippen LogP contribution in [-0.2, 0) is 13.2 Å². The molecular formula is C24H23ClO4. The lowest BCUT2D eigenvalue weighted by Gasteiger charge is -2.16. The molecule has 0 aliphatic heterocycles. The molecule has 4 nitrogen and oxygen atoms in total. The molecule has 0 amide bonds. The van der Waals surface area contributed by atoms with Crippen molar-refractivity contribution in [2.24, 2.45) is 0 Å². The first kappa shape index (κ1) is 20.6. The van der Waals surface area contributed by atoms with Crippen molar-refractivity contribution in [3.05, 3.63) is 89.0 Å². The Kier molecular flexibility index (Phi) is 7.04. The summed E-state index contributed by atoms with van der Waals surface area (Å²) >= 11 is 6.54. The Bertz CT molecular complexity index is 950. The van der Waals surface area contributed by atoms with Crippen molar-refractivity contribution in [2.45, 2.75) is 13.2 Å². The molecule has 0 atom stereocenters. The van der Waals surface area contributed by atoms with E-state index in [1.807, 2.05) is 60.7 Å². The van der Waals surface area contributed by atoms with Gasteiger partial charge in [-0.2, -0.15) is 0 Å². The smallest absolute Gasteiger partial charge is 0.180 e. The topological polar surface area (TPSA) is 36.9 Å². The van der Waals surface area contributed by atoms with Crippen LogP contribution in [0.2, 0.25) is 5.02 Å². The Balaban J connectivity index is 1.76. The first-order valence-corrected chi connectivity index (χ1v) is 9.48. The molecule has 0 spiro atoms. The SMILES string of the molecule is C=Cc1ccc(OCc2ccc(OC)cc2)c(OCc2ccc(OC)cc2)c1Cl. The first-order chi connectivity index (χ1) is 14.1. The highest BCUT2D eigenvalue weighted by Crippen LogP contribution is 2.39. The molecule has 0 N–H and O–H groups in total. The van der Waals surface area contributed by atoms with Crippen molar-refractivity contribution >= 4 is 17.7 Å². The second kappa shape index (κ2) is 9.89. The standard InChI is InChI=1S/C24H23ClO4/c1-4-19-9-14-22(28-15-17-5-10-20(26-2)11-6-17)24(23(19)25)29-16-18-7-12-21(27-3)13-8-18/h4-14H,1,15-16H2,2-3H3. The van der Waals surface area contributed by atoms with Crippen molar-refractivity contribution in [1.82, 2.24) is 0 Å². The van der Waals surface area contributed by atoms with Crippen LogP contribution in [0.25, 0.3) is 6.08 Å². The summed E-state index contributed by atoms with van der Waals surface area (Å²) in [4.78, 5) is 0. The van der Waals surface area contributed by atoms with Crippen molar-refractivity contribution in [2.75, 3.05) is 14.2 Å². The zero-order valence-corrected chi connectivity index (χ0v) is 17.2. The summed E-state index contributed by atoms with van der Waals surface area (Å²) in [5.41, 5.74) is 2.79. The van der Waals surface area contributed by atoms with E-state index >= 15 is 0 Å². The zero-order valence-electron chi connectivity index (χ0n) is 16.5. The molecule has 0 aromatic heterocycles. The lowest BCUT2D eigenvalue weighted by molar-refractivity contribution is 0.256. The van der Waals surface area contributed by atoms with E-state index in [0.717, 1.165) is 28.2 Å². The molecule has 0 radical (unpaired) electrons. The van der Waals surface area contributed by atoms with Gasteiger partial charge in [0.2, 0.25) is 0 Å². The van der Waals surface area contributed by atoms with Crippen LogP contribution in [0.15, 0.2) is 67.2 Å². The number of hydrogen-bond acceptors (Lipinski definition) is 4. The van der Waals surface area contributed by atoms with Crippen molar-refractivity contribution in [3.8, 4) is 23.0 Å². The molecule has 150 valence electrons. The quantitative estimate of drug-likeness (QED) is 0.423. The summed E-state index contributed by atoms with van der Waals surface area (Å²) in [6.45, 7) is 4.54. The van der Waals surface area contributed by atoms with E-state index in [-0.39, 0.29) is 0 Å². The Morgan fingerprint density at radius 2 is 1.28 bits per heavy atom. The minimum absolute atomic E-state index is 0.350. The van der Waals surface area contributed by atoms with E-state index in [1.165, 1.54) is 0 Å². The van der Waals surface area contributed by atoms with Crippen LogP contribution in [0.5, 0.6) is 23.0 Å². The summed E-state index contributed by atoms with van der Waals surface area (Å²) in [5, 5.41) is 0.473. The maximum atomic E-state index is 6.54. The fourth-order valence-electron chi connectivity index (χ4n) is 2.72. The van der Waals surface area contributed by atoms with Gasteiger partial charge in [0, 0.05) is 0 Å². The minimum atomic E-state index is 0.350. The number of methoxy groups -OCH3 is 2. The van der Waals surface area contributed by atoms with Crippen molar-refractivity contribution in [3.63, 3.8) is 0 Å². The highest BCUT2D eigenvalue weighted by molar-refractivity contribution is 6.33. The maximum Gasteiger partial charge on any atom is 0.180 e. The van der Waals surface area contributed by atoms with E-state index in [0.29, 0.717) is 29.7 Å². The van der Waals surface area contributed by atoms with Gasteiger partial charge in [-0.15, -0.1) is 0 Å². The predicted octanol–water partition coefficient (Wildman–Crippen LogP) is 6.16. The van der Waals surface area contributed by atoms with Gasteiger partial charge in [-0.1, -0.05) is 48.5 Å². The highest BCUT2D eigenvalue weighted by Gasteiger charge is 2.14. The number of rotatable bonds is 9. The second-order valence-electron chi connectivity index (χ2n) is 6.27. The Morgan fingerprint density at radius 3 is 1.76 bits per heavy atom. The van der Waals surface area contributed by atoms with Gasteiger partial charge >= 0.3 is 0 Å². The maximum absolute atomic E-state index is 6.54. The molecule has 0 heterocycles. The summed E-state index contributed by atoms with van der Waals surface area (Å²) in [6.07, 6.45) is 1.69. The predicted molar refractivity (Wildman–Crippen MR) is 116 cm³/mol. The lowest BCUT2D eigenvalue weighted by atomic mass is 10.2. The number of halogens is 1. The van der Waals surface area contributed by atoms with Gasteiger partial charge in [0.05, 0.1) is 19.2 Å². The zero-order chi connectivity index (χ0) is 20.6. The van der Waals surface area contributed by atoms with Crippen LogP contribution in [0.1, 0.15) is 16.7 Å². The molecule has 3 aromatic carbocycles. The molecule has 0 aliphatic carbocycles. The molecule has 5 heteroatoms. The van der Waals surface area contributed by atoms with E-state index in [4.69, 9.17) is 30.5 Å². The highest BCUT2D eigenvalue weighted by atomic mass is 35.5. The lowest BCUT2D eigenvalue weighted by Crippen LogP contribution is -2.02. The fourth-order valence-corrected chi connectivity index (χ4v) is 3.01. The van der Waals surface area contributed by atoms with Crippen LogP contribution < -0.4 is 18.9 Å². The molecule has 0 saturated carbocycles. The van der Waals surface area contributed by atoms with E-state index in [9.17, 15) is 0 Å². The third kappa shape index (κ3) is 5.24. The third-order valence-corrected chi connectivity index (χ3v) is 4.80. The largest absolute Gasteiger partial charge is 0.497 e. The summed E-state index contributed by atoms with van der Waals surface area (Å²) in [7, 11) is 3.28. The van der Waals surface area contributed by atoms with Gasteiger partial charge in [0.25, 0.3) is 0 Å². The Labute approximate surface area is 176 Å². The van der Waals surface area contributed by atoms with Crippen LogP contribution in [0.3, 0.4) is 0 Å². The average Bonchev–Trinajstić information content (AvgIpc) is 2.77. The van der Waals surface area contributed by atoms with Gasteiger partial charge in [0.1, 0.15) is 24.7 Å². The molecular weight excluding hydrogens is 388 g/mol. The monoisotopic (exact) mass is 410 g/mol. The Morgan fingerprint density at radius 1 is 0.759 bits per heavy atom. The van der Waals surface area contributed by atoms with Crippen LogP contribution in [0.4, 0.5) is 0 Å². The molecule has 29 heavy (non-hydrogen) atoms.